The second kappa shape index (κ2) is 8.34. The van der Waals surface area contributed by atoms with E-state index in [-0.39, 0.29) is 16.6 Å². The van der Waals surface area contributed by atoms with Gasteiger partial charge in [-0.25, -0.2) is 4.79 Å². The molecule has 3 rings (SSSR count). The van der Waals surface area contributed by atoms with E-state index in [1.54, 1.807) is 16.7 Å². The summed E-state index contributed by atoms with van der Waals surface area (Å²) < 4.78 is 5.15. The Labute approximate surface area is 168 Å². The molecule has 2 saturated heterocycles. The Kier molecular flexibility index (Phi) is 6.07. The molecule has 0 unspecified atom stereocenters. The molecular weight excluding hydrogens is 380 g/mol. The predicted octanol–water partition coefficient (Wildman–Crippen LogP) is 1.30. The predicted molar refractivity (Wildman–Crippen MR) is 104 cm³/mol. The monoisotopic (exact) mass is 404 g/mol. The second-order valence-electron chi connectivity index (χ2n) is 7.29. The van der Waals surface area contributed by atoms with Gasteiger partial charge in [-0.3, -0.25) is 14.4 Å². The lowest BCUT2D eigenvalue weighted by Crippen LogP contribution is -2.48. The van der Waals surface area contributed by atoms with Gasteiger partial charge in [0.25, 0.3) is 5.91 Å². The van der Waals surface area contributed by atoms with Crippen molar-refractivity contribution in [3.05, 3.63) is 35.9 Å². The third kappa shape index (κ3) is 4.38. The molecule has 2 aliphatic rings. The van der Waals surface area contributed by atoms with Gasteiger partial charge in [0.1, 0.15) is 6.04 Å². The Morgan fingerprint density at radius 2 is 2.04 bits per heavy atom. The van der Waals surface area contributed by atoms with Crippen LogP contribution < -0.4 is 5.32 Å². The first-order valence-corrected chi connectivity index (χ1v) is 10.3. The molecule has 0 bridgehead atoms. The number of nitrogens with one attached hydrogen (secondary N) is 1. The van der Waals surface area contributed by atoms with Crippen LogP contribution in [0.25, 0.3) is 0 Å². The fourth-order valence-electron chi connectivity index (χ4n) is 3.61. The summed E-state index contributed by atoms with van der Waals surface area (Å²) in [6.07, 6.45) is 1.50. The number of benzene rings is 1. The van der Waals surface area contributed by atoms with Gasteiger partial charge in [0, 0.05) is 12.2 Å². The van der Waals surface area contributed by atoms with Gasteiger partial charge >= 0.3 is 5.97 Å². The number of Topliss-reactive ketones (excluding diaryl/α,β-unsaturated/α-hetero) is 1. The van der Waals surface area contributed by atoms with Crippen molar-refractivity contribution in [3.63, 3.8) is 0 Å². The number of carbonyl (C=O) groups is 4. The lowest BCUT2D eigenvalue weighted by atomic mass is 10.0. The lowest BCUT2D eigenvalue weighted by molar-refractivity contribution is -0.156. The minimum absolute atomic E-state index is 0.0570. The van der Waals surface area contributed by atoms with Crippen LogP contribution in [-0.4, -0.2) is 57.8 Å². The molecule has 0 saturated carbocycles. The van der Waals surface area contributed by atoms with E-state index in [9.17, 15) is 19.2 Å². The average molecular weight is 404 g/mol. The zero-order chi connectivity index (χ0) is 20.3. The molecule has 3 atom stereocenters. The maximum atomic E-state index is 12.4. The Bertz CT molecular complexity index is 784. The minimum Gasteiger partial charge on any atom is -0.454 e. The van der Waals surface area contributed by atoms with Crippen molar-refractivity contribution in [2.24, 2.45) is 0 Å². The number of amides is 2. The molecule has 1 N–H and O–H groups in total. The van der Waals surface area contributed by atoms with Gasteiger partial charge in [0.15, 0.2) is 12.4 Å². The lowest BCUT2D eigenvalue weighted by Gasteiger charge is -2.29. The number of ketones is 1. The van der Waals surface area contributed by atoms with Crippen molar-refractivity contribution in [3.8, 4) is 0 Å². The van der Waals surface area contributed by atoms with Gasteiger partial charge in [-0.2, -0.15) is 0 Å². The highest BCUT2D eigenvalue weighted by atomic mass is 32.2. The summed E-state index contributed by atoms with van der Waals surface area (Å²) in [6.45, 7) is 2.89. The quantitative estimate of drug-likeness (QED) is 0.689. The van der Waals surface area contributed by atoms with E-state index in [1.165, 1.54) is 6.92 Å². The Morgan fingerprint density at radius 3 is 2.71 bits per heavy atom. The molecule has 2 aliphatic heterocycles. The van der Waals surface area contributed by atoms with E-state index in [0.717, 1.165) is 5.56 Å². The van der Waals surface area contributed by atoms with Gasteiger partial charge in [-0.1, -0.05) is 30.3 Å². The van der Waals surface area contributed by atoms with Crippen LogP contribution in [0, 0.1) is 0 Å². The Balaban J connectivity index is 1.52. The summed E-state index contributed by atoms with van der Waals surface area (Å²) in [5.74, 6) is -0.880. The summed E-state index contributed by atoms with van der Waals surface area (Å²) in [4.78, 5) is 49.8. The standard InChI is InChI=1S/C20H24N2O5S/c1-13(23)15(10-14-6-4-3-5-7-14)21-17(24)11-27-19(26)16-12-28-20(2)9-8-18(25)22(16)20/h3-7,15-16H,8-12H2,1-2H3,(H,21,24)/t15-,16-,20+/m1/s1. The van der Waals surface area contributed by atoms with Crippen LogP contribution >= 0.6 is 11.8 Å². The van der Waals surface area contributed by atoms with E-state index in [4.69, 9.17) is 4.74 Å². The molecular formula is C20H24N2O5S. The number of thioether (sulfide) groups is 1. The number of hydrogen-bond acceptors (Lipinski definition) is 6. The van der Waals surface area contributed by atoms with Crippen LogP contribution in [0.1, 0.15) is 32.3 Å². The highest BCUT2D eigenvalue weighted by molar-refractivity contribution is 8.01. The first-order chi connectivity index (χ1) is 13.3. The molecule has 2 amide bonds. The van der Waals surface area contributed by atoms with Gasteiger partial charge in [-0.15, -0.1) is 11.8 Å². The molecule has 1 aromatic rings. The zero-order valence-corrected chi connectivity index (χ0v) is 16.8. The topological polar surface area (TPSA) is 92.8 Å². The molecule has 28 heavy (non-hydrogen) atoms. The van der Waals surface area contributed by atoms with Crippen LogP contribution in [0.4, 0.5) is 0 Å². The molecule has 0 radical (unpaired) electrons. The SMILES string of the molecule is CC(=O)[C@@H](Cc1ccccc1)NC(=O)COC(=O)[C@H]1CS[C@@]2(C)CCC(=O)N12. The van der Waals surface area contributed by atoms with E-state index >= 15 is 0 Å². The molecule has 8 heteroatoms. The zero-order valence-electron chi connectivity index (χ0n) is 16.0. The van der Waals surface area contributed by atoms with Crippen molar-refractivity contribution >= 4 is 35.3 Å². The summed E-state index contributed by atoms with van der Waals surface area (Å²) in [7, 11) is 0. The van der Waals surface area contributed by atoms with E-state index in [2.05, 4.69) is 5.32 Å². The summed E-state index contributed by atoms with van der Waals surface area (Å²) in [5, 5.41) is 2.62. The number of esters is 1. The first-order valence-electron chi connectivity index (χ1n) is 9.26. The molecule has 0 aromatic heterocycles. The van der Waals surface area contributed by atoms with Gasteiger partial charge in [-0.05, 0) is 32.3 Å². The van der Waals surface area contributed by atoms with Crippen molar-refractivity contribution in [2.75, 3.05) is 12.4 Å². The maximum absolute atomic E-state index is 12.4. The number of nitrogens with zero attached hydrogens (tertiary/aromatic N) is 1. The van der Waals surface area contributed by atoms with E-state index < -0.39 is 30.6 Å². The normalized spacial score (nSPS) is 24.6. The third-order valence-corrected chi connectivity index (χ3v) is 6.68. The molecule has 2 heterocycles. The van der Waals surface area contributed by atoms with E-state index in [0.29, 0.717) is 25.0 Å². The number of carbonyl (C=O) groups excluding carboxylic acids is 4. The summed E-state index contributed by atoms with van der Waals surface area (Å²) >= 11 is 1.56. The number of rotatable bonds is 7. The molecule has 0 spiro atoms. The Hall–Kier alpha value is -2.35. The fraction of sp³-hybridized carbons (Fsp3) is 0.500. The van der Waals surface area contributed by atoms with Crippen LogP contribution in [-0.2, 0) is 30.3 Å². The van der Waals surface area contributed by atoms with Crippen LogP contribution in [0.2, 0.25) is 0 Å². The molecule has 150 valence electrons. The molecule has 1 aromatic carbocycles. The number of ether oxygens (including phenoxy) is 1. The van der Waals surface area contributed by atoms with Gasteiger partial charge in [0.2, 0.25) is 5.91 Å². The second-order valence-corrected chi connectivity index (χ2v) is 8.80. The summed E-state index contributed by atoms with van der Waals surface area (Å²) in [5.41, 5.74) is 0.926. The largest absolute Gasteiger partial charge is 0.454 e. The average Bonchev–Trinajstić information content (AvgIpc) is 3.16. The summed E-state index contributed by atoms with van der Waals surface area (Å²) in [6, 6.07) is 8.02. The third-order valence-electron chi connectivity index (χ3n) is 5.17. The highest BCUT2D eigenvalue weighted by Crippen LogP contribution is 2.47. The van der Waals surface area contributed by atoms with Crippen LogP contribution in [0.15, 0.2) is 30.3 Å². The van der Waals surface area contributed by atoms with E-state index in [1.807, 2.05) is 37.3 Å². The number of fused-ring (bicyclic) bond motifs is 1. The minimum atomic E-state index is -0.681. The molecule has 0 aliphatic carbocycles. The number of hydrogen-bond donors (Lipinski definition) is 1. The molecule has 2 fully saturated rings. The van der Waals surface area contributed by atoms with Crippen molar-refractivity contribution in [2.45, 2.75) is 50.1 Å². The van der Waals surface area contributed by atoms with Gasteiger partial charge < -0.3 is 15.0 Å². The highest BCUT2D eigenvalue weighted by Gasteiger charge is 2.53. The maximum Gasteiger partial charge on any atom is 0.330 e. The van der Waals surface area contributed by atoms with Gasteiger partial charge in [0.05, 0.1) is 10.9 Å². The Morgan fingerprint density at radius 1 is 1.32 bits per heavy atom. The fourth-order valence-corrected chi connectivity index (χ4v) is 5.03. The van der Waals surface area contributed by atoms with Crippen LogP contribution in [0.5, 0.6) is 0 Å². The molecule has 7 nitrogen and oxygen atoms in total. The van der Waals surface area contributed by atoms with Crippen molar-refractivity contribution < 1.29 is 23.9 Å². The van der Waals surface area contributed by atoms with Crippen molar-refractivity contribution in [1.29, 1.82) is 0 Å². The van der Waals surface area contributed by atoms with Crippen LogP contribution in [0.3, 0.4) is 0 Å². The first kappa shape index (κ1) is 20.4. The smallest absolute Gasteiger partial charge is 0.330 e. The van der Waals surface area contributed by atoms with Crippen molar-refractivity contribution in [1.82, 2.24) is 10.2 Å².